The molecule has 1 aromatic rings. The molecule has 0 fully saturated rings. The minimum atomic E-state index is -0.643. The van der Waals surface area contributed by atoms with Gasteiger partial charge < -0.3 is 4.90 Å². The summed E-state index contributed by atoms with van der Waals surface area (Å²) in [4.78, 5) is 25.9. The maximum Gasteiger partial charge on any atom is 0.274 e. The lowest BCUT2D eigenvalue weighted by atomic mass is 9.96. The summed E-state index contributed by atoms with van der Waals surface area (Å²) in [6, 6.07) is 7.42. The number of carbonyl (C=O) groups excluding carboxylic acids is 2. The summed E-state index contributed by atoms with van der Waals surface area (Å²) in [5.41, 5.74) is 4.18. The number of ketones is 1. The standard InChI is InChI=1S/C19H24N2O3/c1-6-15(19(23)20-24)12-13(2)11-14(3)18(22)16-7-9-17(10-8-16)21(4)5/h6-12,14,24H,1H2,2-5H3,(H,20,23)/b13-11+,15-12+/t14-/m1/s1. The number of allylic oxidation sites excluding steroid dienone is 3. The highest BCUT2D eigenvalue weighted by atomic mass is 16.5. The highest BCUT2D eigenvalue weighted by Gasteiger charge is 2.13. The molecule has 0 aliphatic carbocycles. The van der Waals surface area contributed by atoms with E-state index in [4.69, 9.17) is 5.21 Å². The van der Waals surface area contributed by atoms with Gasteiger partial charge in [0.25, 0.3) is 5.91 Å². The van der Waals surface area contributed by atoms with Gasteiger partial charge in [-0.2, -0.15) is 0 Å². The van der Waals surface area contributed by atoms with Gasteiger partial charge in [-0.15, -0.1) is 0 Å². The van der Waals surface area contributed by atoms with Crippen molar-refractivity contribution in [2.45, 2.75) is 13.8 Å². The van der Waals surface area contributed by atoms with E-state index >= 15 is 0 Å². The average Bonchev–Trinajstić information content (AvgIpc) is 2.58. The summed E-state index contributed by atoms with van der Waals surface area (Å²) in [5.74, 6) is -0.981. The average molecular weight is 328 g/mol. The van der Waals surface area contributed by atoms with Crippen LogP contribution in [0, 0.1) is 5.92 Å². The number of benzene rings is 1. The number of hydrogen-bond acceptors (Lipinski definition) is 4. The van der Waals surface area contributed by atoms with Crippen LogP contribution in [0.3, 0.4) is 0 Å². The van der Waals surface area contributed by atoms with Gasteiger partial charge in [0, 0.05) is 36.8 Å². The van der Waals surface area contributed by atoms with E-state index in [0.717, 1.165) is 11.3 Å². The predicted molar refractivity (Wildman–Crippen MR) is 96.2 cm³/mol. The van der Waals surface area contributed by atoms with Gasteiger partial charge in [0.2, 0.25) is 0 Å². The van der Waals surface area contributed by atoms with Crippen LogP contribution in [0.25, 0.3) is 0 Å². The topological polar surface area (TPSA) is 69.6 Å². The molecule has 0 unspecified atom stereocenters. The van der Waals surface area contributed by atoms with E-state index in [2.05, 4.69) is 6.58 Å². The Morgan fingerprint density at radius 3 is 2.29 bits per heavy atom. The number of rotatable bonds is 7. The second-order valence-corrected chi connectivity index (χ2v) is 5.75. The molecule has 0 radical (unpaired) electrons. The summed E-state index contributed by atoms with van der Waals surface area (Å²) in [6.45, 7) is 7.12. The van der Waals surface area contributed by atoms with Gasteiger partial charge in [-0.3, -0.25) is 14.8 Å². The number of hydrogen-bond donors (Lipinski definition) is 2. The van der Waals surface area contributed by atoms with Crippen molar-refractivity contribution >= 4 is 17.4 Å². The highest BCUT2D eigenvalue weighted by molar-refractivity contribution is 5.99. The SMILES string of the molecule is C=C/C(=C\C(C)=C\[C@@H](C)C(=O)c1ccc(N(C)C)cc1)C(=O)NO. The second kappa shape index (κ2) is 8.84. The van der Waals surface area contributed by atoms with Gasteiger partial charge in [-0.1, -0.05) is 31.2 Å². The van der Waals surface area contributed by atoms with Crippen LogP contribution in [0.2, 0.25) is 0 Å². The Kier molecular flexibility index (Phi) is 7.14. The fraction of sp³-hybridized carbons (Fsp3) is 0.263. The molecule has 1 amide bonds. The molecule has 24 heavy (non-hydrogen) atoms. The second-order valence-electron chi connectivity index (χ2n) is 5.75. The number of hydroxylamine groups is 1. The van der Waals surface area contributed by atoms with E-state index in [-0.39, 0.29) is 17.3 Å². The summed E-state index contributed by atoms with van der Waals surface area (Å²) < 4.78 is 0. The van der Waals surface area contributed by atoms with Gasteiger partial charge in [-0.25, -0.2) is 5.48 Å². The lowest BCUT2D eigenvalue weighted by molar-refractivity contribution is -0.124. The lowest BCUT2D eigenvalue weighted by Gasteiger charge is -2.13. The van der Waals surface area contributed by atoms with E-state index in [9.17, 15) is 9.59 Å². The van der Waals surface area contributed by atoms with Gasteiger partial charge in [0.05, 0.1) is 0 Å². The summed E-state index contributed by atoms with van der Waals surface area (Å²) in [7, 11) is 3.88. The van der Waals surface area contributed by atoms with Gasteiger partial charge in [-0.05, 0) is 37.3 Å². The third-order valence-corrected chi connectivity index (χ3v) is 3.56. The quantitative estimate of drug-likeness (QED) is 0.265. The summed E-state index contributed by atoms with van der Waals surface area (Å²) in [6.07, 6.45) is 4.68. The zero-order valence-corrected chi connectivity index (χ0v) is 14.5. The molecule has 1 rings (SSSR count). The van der Waals surface area contributed by atoms with Crippen LogP contribution in [0.5, 0.6) is 0 Å². The molecule has 0 heterocycles. The summed E-state index contributed by atoms with van der Waals surface area (Å²) >= 11 is 0. The Morgan fingerprint density at radius 2 is 1.83 bits per heavy atom. The van der Waals surface area contributed by atoms with Crippen LogP contribution in [0.15, 0.2) is 60.2 Å². The fourth-order valence-electron chi connectivity index (χ4n) is 2.23. The third-order valence-electron chi connectivity index (χ3n) is 3.56. The number of amides is 1. The Labute approximate surface area is 142 Å². The molecule has 0 aromatic heterocycles. The zero-order chi connectivity index (χ0) is 18.3. The molecule has 0 bridgehead atoms. The first kappa shape index (κ1) is 19.4. The number of nitrogens with one attached hydrogen (secondary N) is 1. The molecule has 128 valence electrons. The molecule has 5 heteroatoms. The van der Waals surface area contributed by atoms with Crippen LogP contribution in [-0.4, -0.2) is 31.0 Å². The molecule has 1 atom stereocenters. The van der Waals surface area contributed by atoms with Crippen molar-refractivity contribution < 1.29 is 14.8 Å². The Hall–Kier alpha value is -2.66. The van der Waals surface area contributed by atoms with E-state index in [1.54, 1.807) is 31.5 Å². The maximum absolute atomic E-state index is 12.5. The normalized spacial score (nSPS) is 13.2. The van der Waals surface area contributed by atoms with Crippen LogP contribution >= 0.6 is 0 Å². The molecular formula is C19H24N2O3. The Bertz CT molecular complexity index is 670. The van der Waals surface area contributed by atoms with Crippen molar-refractivity contribution in [3.63, 3.8) is 0 Å². The maximum atomic E-state index is 12.5. The first-order chi connectivity index (χ1) is 11.3. The number of nitrogens with zero attached hydrogens (tertiary/aromatic N) is 1. The Morgan fingerprint density at radius 1 is 1.25 bits per heavy atom. The molecule has 5 nitrogen and oxygen atoms in total. The van der Waals surface area contributed by atoms with Crippen LogP contribution in [0.4, 0.5) is 5.69 Å². The monoisotopic (exact) mass is 328 g/mol. The molecule has 0 aliphatic rings. The van der Waals surface area contributed by atoms with Crippen LogP contribution in [0.1, 0.15) is 24.2 Å². The zero-order valence-electron chi connectivity index (χ0n) is 14.5. The third kappa shape index (κ3) is 5.21. The van der Waals surface area contributed by atoms with Crippen molar-refractivity contribution in [2.75, 3.05) is 19.0 Å². The van der Waals surface area contributed by atoms with E-state index in [1.807, 2.05) is 43.3 Å². The van der Waals surface area contributed by atoms with Crippen molar-refractivity contribution in [3.8, 4) is 0 Å². The first-order valence-corrected chi connectivity index (χ1v) is 7.58. The van der Waals surface area contributed by atoms with E-state index in [0.29, 0.717) is 5.56 Å². The minimum absolute atomic E-state index is 0.000168. The molecule has 1 aromatic carbocycles. The molecule has 2 N–H and O–H groups in total. The van der Waals surface area contributed by atoms with Gasteiger partial charge >= 0.3 is 0 Å². The summed E-state index contributed by atoms with van der Waals surface area (Å²) in [5, 5.41) is 8.66. The van der Waals surface area contributed by atoms with E-state index in [1.165, 1.54) is 6.08 Å². The minimum Gasteiger partial charge on any atom is -0.378 e. The Balaban J connectivity index is 2.93. The molecular weight excluding hydrogens is 304 g/mol. The van der Waals surface area contributed by atoms with Gasteiger partial charge in [0.1, 0.15) is 0 Å². The van der Waals surface area contributed by atoms with Gasteiger partial charge in [0.15, 0.2) is 5.78 Å². The molecule has 0 saturated heterocycles. The molecule has 0 aliphatic heterocycles. The van der Waals surface area contributed by atoms with Crippen LogP contribution in [-0.2, 0) is 4.79 Å². The molecule has 0 saturated carbocycles. The number of anilines is 1. The van der Waals surface area contributed by atoms with Crippen molar-refractivity contribution in [3.05, 3.63) is 65.8 Å². The number of Topliss-reactive ketones (excluding diaryl/α,β-unsaturated/α-hetero) is 1. The lowest BCUT2D eigenvalue weighted by Crippen LogP contribution is -2.19. The van der Waals surface area contributed by atoms with Crippen molar-refractivity contribution in [1.29, 1.82) is 0 Å². The predicted octanol–water partition coefficient (Wildman–Crippen LogP) is 3.14. The largest absolute Gasteiger partial charge is 0.378 e. The highest BCUT2D eigenvalue weighted by Crippen LogP contribution is 2.17. The first-order valence-electron chi connectivity index (χ1n) is 7.58. The number of carbonyl (C=O) groups is 2. The van der Waals surface area contributed by atoms with Crippen molar-refractivity contribution in [2.24, 2.45) is 5.92 Å². The molecule has 0 spiro atoms. The van der Waals surface area contributed by atoms with Crippen molar-refractivity contribution in [1.82, 2.24) is 5.48 Å². The van der Waals surface area contributed by atoms with Crippen LogP contribution < -0.4 is 10.4 Å². The van der Waals surface area contributed by atoms with E-state index < -0.39 is 5.91 Å². The smallest absolute Gasteiger partial charge is 0.274 e. The fourth-order valence-corrected chi connectivity index (χ4v) is 2.23.